The zero-order valence-electron chi connectivity index (χ0n) is 18.3. The number of fused-ring (bicyclic) bond motifs is 2. The molecule has 0 aliphatic carbocycles. The van der Waals surface area contributed by atoms with Crippen LogP contribution in [0.1, 0.15) is 26.3 Å². The van der Waals surface area contributed by atoms with Crippen LogP contribution in [0.5, 0.6) is 5.75 Å². The van der Waals surface area contributed by atoms with E-state index in [1.54, 1.807) is 26.2 Å². The van der Waals surface area contributed by atoms with E-state index in [4.69, 9.17) is 14.2 Å². The number of benzene rings is 2. The number of rotatable bonds is 2. The first-order chi connectivity index (χ1) is 15.2. The molecule has 2 saturated heterocycles. The Morgan fingerprint density at radius 2 is 1.62 bits per heavy atom. The molecule has 0 radical (unpaired) electrons. The minimum absolute atomic E-state index is 0.0595. The number of hydrogen-bond donors (Lipinski definition) is 1. The van der Waals surface area contributed by atoms with E-state index in [0.717, 1.165) is 0 Å². The van der Waals surface area contributed by atoms with E-state index in [9.17, 15) is 14.4 Å². The van der Waals surface area contributed by atoms with Gasteiger partial charge in [0.2, 0.25) is 0 Å². The molecule has 5 rings (SSSR count). The Morgan fingerprint density at radius 3 is 2.25 bits per heavy atom. The molecule has 0 aromatic heterocycles. The van der Waals surface area contributed by atoms with E-state index in [0.29, 0.717) is 22.7 Å². The van der Waals surface area contributed by atoms with Gasteiger partial charge >= 0.3 is 11.9 Å². The second kappa shape index (κ2) is 6.48. The molecule has 2 aromatic carbocycles. The summed E-state index contributed by atoms with van der Waals surface area (Å²) in [5.74, 6) is -3.14. The molecule has 2 fully saturated rings. The first kappa shape index (κ1) is 20.4. The number of methoxy groups -OCH3 is 1. The molecule has 1 N–H and O–H groups in total. The zero-order valence-corrected chi connectivity index (χ0v) is 18.3. The Labute approximate surface area is 185 Å². The molecule has 3 heterocycles. The van der Waals surface area contributed by atoms with Gasteiger partial charge in [-0.05, 0) is 30.3 Å². The highest BCUT2D eigenvalue weighted by molar-refractivity contribution is 6.13. The first-order valence-corrected chi connectivity index (χ1v) is 10.5. The predicted octanol–water partition coefficient (Wildman–Crippen LogP) is 2.82. The van der Waals surface area contributed by atoms with Crippen molar-refractivity contribution in [3.63, 3.8) is 0 Å². The zero-order chi connectivity index (χ0) is 22.9. The molecule has 0 saturated carbocycles. The average molecular weight is 436 g/mol. The maximum atomic E-state index is 13.7. The molecule has 2 aromatic rings. The first-order valence-electron chi connectivity index (χ1n) is 10.5. The minimum Gasteiger partial charge on any atom is -0.497 e. The summed E-state index contributed by atoms with van der Waals surface area (Å²) < 4.78 is 16.3. The Morgan fingerprint density at radius 1 is 1.00 bits per heavy atom. The van der Waals surface area contributed by atoms with Gasteiger partial charge < -0.3 is 24.4 Å². The molecule has 2 atom stereocenters. The van der Waals surface area contributed by atoms with Crippen LogP contribution in [0.15, 0.2) is 48.5 Å². The SMILES string of the molecule is COc1ccc(N2CC3(C(=O)OC(C)(C)OC3=O)C(C)C23C(=O)Nc2ccccc23)cc1. The summed E-state index contributed by atoms with van der Waals surface area (Å²) in [6, 6.07) is 14.5. The number of cyclic esters (lactones) is 2. The second-order valence-electron chi connectivity index (χ2n) is 8.92. The van der Waals surface area contributed by atoms with Crippen LogP contribution in [-0.2, 0) is 29.4 Å². The Hall–Kier alpha value is -3.55. The molecule has 32 heavy (non-hydrogen) atoms. The molecule has 3 aliphatic heterocycles. The summed E-state index contributed by atoms with van der Waals surface area (Å²) >= 11 is 0. The van der Waals surface area contributed by atoms with Crippen molar-refractivity contribution in [1.82, 2.24) is 0 Å². The molecule has 8 nitrogen and oxygen atoms in total. The monoisotopic (exact) mass is 436 g/mol. The van der Waals surface area contributed by atoms with Gasteiger partial charge in [-0.25, -0.2) is 0 Å². The van der Waals surface area contributed by atoms with Crippen molar-refractivity contribution < 1.29 is 28.6 Å². The summed E-state index contributed by atoms with van der Waals surface area (Å²) in [5, 5.41) is 2.94. The third-order valence-electron chi connectivity index (χ3n) is 6.92. The molecule has 0 bridgehead atoms. The molecular formula is C24H24N2O6. The maximum Gasteiger partial charge on any atom is 0.329 e. The van der Waals surface area contributed by atoms with Gasteiger partial charge in [0.25, 0.3) is 11.7 Å². The molecule has 166 valence electrons. The highest BCUT2D eigenvalue weighted by atomic mass is 16.7. The Bertz CT molecular complexity index is 1120. The minimum atomic E-state index is -1.66. The van der Waals surface area contributed by atoms with Gasteiger partial charge in [0.05, 0.1) is 7.11 Å². The topological polar surface area (TPSA) is 94.2 Å². The number of hydrogen-bond acceptors (Lipinski definition) is 7. The van der Waals surface area contributed by atoms with Crippen LogP contribution in [0.25, 0.3) is 0 Å². The van der Waals surface area contributed by atoms with Crippen molar-refractivity contribution in [2.45, 2.75) is 32.1 Å². The fourth-order valence-corrected chi connectivity index (χ4v) is 5.34. The van der Waals surface area contributed by atoms with Crippen molar-refractivity contribution in [3.05, 3.63) is 54.1 Å². The van der Waals surface area contributed by atoms with Gasteiger partial charge in [-0.1, -0.05) is 25.1 Å². The van der Waals surface area contributed by atoms with E-state index in [1.807, 2.05) is 41.3 Å². The van der Waals surface area contributed by atoms with Gasteiger partial charge in [-0.15, -0.1) is 0 Å². The molecule has 2 spiro atoms. The van der Waals surface area contributed by atoms with Crippen LogP contribution in [-0.4, -0.2) is 37.3 Å². The number of carbonyl (C=O) groups is 3. The maximum absolute atomic E-state index is 13.7. The van der Waals surface area contributed by atoms with Crippen molar-refractivity contribution in [2.75, 3.05) is 23.9 Å². The van der Waals surface area contributed by atoms with Crippen LogP contribution in [0.3, 0.4) is 0 Å². The number of nitrogens with one attached hydrogen (secondary N) is 1. The lowest BCUT2D eigenvalue weighted by atomic mass is 9.68. The number of para-hydroxylation sites is 1. The number of carbonyl (C=O) groups excluding carboxylic acids is 3. The number of anilines is 2. The van der Waals surface area contributed by atoms with Crippen molar-refractivity contribution in [3.8, 4) is 5.75 Å². The Kier molecular flexibility index (Phi) is 4.12. The Balaban J connectivity index is 1.74. The quantitative estimate of drug-likeness (QED) is 0.571. The lowest BCUT2D eigenvalue weighted by Gasteiger charge is -2.41. The van der Waals surface area contributed by atoms with Gasteiger partial charge in [0, 0.05) is 43.2 Å². The van der Waals surface area contributed by atoms with E-state index < -0.39 is 34.6 Å². The lowest BCUT2D eigenvalue weighted by Crippen LogP contribution is -2.58. The summed E-state index contributed by atoms with van der Waals surface area (Å²) in [7, 11) is 1.57. The van der Waals surface area contributed by atoms with Gasteiger partial charge in [0.15, 0.2) is 11.0 Å². The fourth-order valence-electron chi connectivity index (χ4n) is 5.34. The van der Waals surface area contributed by atoms with Crippen LogP contribution >= 0.6 is 0 Å². The standard InChI is InChI=1S/C24H24N2O6/c1-14-23(20(28)31-22(2,3)32-21(23)29)13-26(15-9-11-16(30-4)12-10-15)24(14)17-7-5-6-8-18(17)25-19(24)27/h5-12,14H,13H2,1-4H3,(H,25,27). The fraction of sp³-hybridized carbons (Fsp3) is 0.375. The van der Waals surface area contributed by atoms with Crippen LogP contribution < -0.4 is 15.0 Å². The average Bonchev–Trinajstić information content (AvgIpc) is 3.20. The highest BCUT2D eigenvalue weighted by Gasteiger charge is 2.75. The number of amides is 1. The van der Waals surface area contributed by atoms with Gasteiger partial charge in [-0.2, -0.15) is 0 Å². The molecule has 1 amide bonds. The number of nitrogens with zero attached hydrogens (tertiary/aromatic N) is 1. The van der Waals surface area contributed by atoms with Crippen molar-refractivity contribution in [1.29, 1.82) is 0 Å². The summed E-state index contributed by atoms with van der Waals surface area (Å²) in [6.07, 6.45) is 0. The van der Waals surface area contributed by atoms with Crippen LogP contribution in [0, 0.1) is 11.3 Å². The third-order valence-corrected chi connectivity index (χ3v) is 6.92. The van der Waals surface area contributed by atoms with Crippen LogP contribution in [0.4, 0.5) is 11.4 Å². The number of esters is 2. The van der Waals surface area contributed by atoms with Gasteiger partial charge in [-0.3, -0.25) is 14.4 Å². The largest absolute Gasteiger partial charge is 0.497 e. The van der Waals surface area contributed by atoms with Crippen molar-refractivity contribution >= 4 is 29.2 Å². The van der Waals surface area contributed by atoms with E-state index >= 15 is 0 Å². The van der Waals surface area contributed by atoms with E-state index in [1.165, 1.54) is 13.8 Å². The third kappa shape index (κ3) is 2.40. The lowest BCUT2D eigenvalue weighted by molar-refractivity contribution is -0.252. The normalized spacial score (nSPS) is 27.2. The van der Waals surface area contributed by atoms with E-state index in [2.05, 4.69) is 5.32 Å². The number of ether oxygens (including phenoxy) is 3. The second-order valence-corrected chi connectivity index (χ2v) is 8.92. The van der Waals surface area contributed by atoms with Crippen molar-refractivity contribution in [2.24, 2.45) is 11.3 Å². The summed E-state index contributed by atoms with van der Waals surface area (Å²) in [5.41, 5.74) is -0.935. The molecular weight excluding hydrogens is 412 g/mol. The summed E-state index contributed by atoms with van der Waals surface area (Å²) in [6.45, 7) is 4.72. The molecule has 2 unspecified atom stereocenters. The smallest absolute Gasteiger partial charge is 0.329 e. The molecule has 8 heteroatoms. The van der Waals surface area contributed by atoms with E-state index in [-0.39, 0.29) is 12.5 Å². The predicted molar refractivity (Wildman–Crippen MR) is 115 cm³/mol. The highest BCUT2D eigenvalue weighted by Crippen LogP contribution is 2.60. The summed E-state index contributed by atoms with van der Waals surface area (Å²) in [4.78, 5) is 42.3. The van der Waals surface area contributed by atoms with Crippen LogP contribution in [0.2, 0.25) is 0 Å². The molecule has 3 aliphatic rings. The van der Waals surface area contributed by atoms with Gasteiger partial charge in [0.1, 0.15) is 5.75 Å².